The van der Waals surface area contributed by atoms with Gasteiger partial charge < -0.3 is 15.8 Å². The van der Waals surface area contributed by atoms with E-state index in [9.17, 15) is 19.2 Å². The first-order chi connectivity index (χ1) is 14.5. The Hall–Kier alpha value is -3.68. The van der Waals surface area contributed by atoms with Gasteiger partial charge in [0.1, 0.15) is 5.60 Å². The number of alkyl carbamates (subject to hydrolysis) is 1. The molecule has 1 aliphatic heterocycles. The molecule has 31 heavy (non-hydrogen) atoms. The summed E-state index contributed by atoms with van der Waals surface area (Å²) in [5.41, 5.74) is 6.42. The van der Waals surface area contributed by atoms with E-state index in [0.29, 0.717) is 23.1 Å². The van der Waals surface area contributed by atoms with Crippen molar-refractivity contribution in [2.45, 2.75) is 38.8 Å². The highest BCUT2D eigenvalue weighted by atomic mass is 16.6. The van der Waals surface area contributed by atoms with Crippen LogP contribution in [0.5, 0.6) is 0 Å². The molecule has 0 saturated heterocycles. The van der Waals surface area contributed by atoms with Gasteiger partial charge in [-0.25, -0.2) is 4.79 Å². The van der Waals surface area contributed by atoms with Crippen molar-refractivity contribution >= 4 is 23.8 Å². The fourth-order valence-electron chi connectivity index (χ4n) is 3.35. The maximum absolute atomic E-state index is 12.7. The summed E-state index contributed by atoms with van der Waals surface area (Å²) < 4.78 is 5.34. The molecule has 1 aliphatic rings. The Morgan fingerprint density at radius 2 is 1.55 bits per heavy atom. The predicted octanol–water partition coefficient (Wildman–Crippen LogP) is 2.52. The van der Waals surface area contributed by atoms with Crippen LogP contribution < -0.4 is 11.1 Å². The third kappa shape index (κ3) is 5.28. The molecule has 2 aromatic carbocycles. The molecule has 8 nitrogen and oxygen atoms in total. The first kappa shape index (κ1) is 22.0. The summed E-state index contributed by atoms with van der Waals surface area (Å²) in [7, 11) is 0. The lowest BCUT2D eigenvalue weighted by atomic mass is 10.0. The smallest absolute Gasteiger partial charge is 0.407 e. The first-order valence-corrected chi connectivity index (χ1v) is 9.88. The number of imide groups is 1. The van der Waals surface area contributed by atoms with Crippen molar-refractivity contribution in [3.05, 3.63) is 70.8 Å². The quantitative estimate of drug-likeness (QED) is 0.692. The highest BCUT2D eigenvalue weighted by Gasteiger charge is 2.37. The van der Waals surface area contributed by atoms with E-state index in [1.54, 1.807) is 69.3 Å². The zero-order chi connectivity index (χ0) is 22.8. The minimum absolute atomic E-state index is 0.0246. The van der Waals surface area contributed by atoms with Crippen LogP contribution in [0.15, 0.2) is 48.5 Å². The molecule has 0 aromatic heterocycles. The first-order valence-electron chi connectivity index (χ1n) is 9.88. The fraction of sp³-hybridized carbons (Fsp3) is 0.304. The van der Waals surface area contributed by atoms with E-state index in [1.165, 1.54) is 0 Å². The van der Waals surface area contributed by atoms with Gasteiger partial charge in [0.25, 0.3) is 11.8 Å². The number of nitrogens with two attached hydrogens (primary N) is 1. The van der Waals surface area contributed by atoms with E-state index < -0.39 is 35.5 Å². The van der Waals surface area contributed by atoms with Gasteiger partial charge in [0, 0.05) is 5.56 Å². The van der Waals surface area contributed by atoms with E-state index >= 15 is 0 Å². The van der Waals surface area contributed by atoms with Crippen molar-refractivity contribution in [1.82, 2.24) is 10.2 Å². The van der Waals surface area contributed by atoms with Crippen LogP contribution in [0.25, 0.3) is 0 Å². The molecule has 162 valence electrons. The van der Waals surface area contributed by atoms with Crippen LogP contribution in [0.1, 0.15) is 57.4 Å². The van der Waals surface area contributed by atoms with Gasteiger partial charge in [0.05, 0.1) is 23.7 Å². The standard InChI is InChI=1S/C23H25N3O5/c1-23(2,3)31-22(30)25-16(12-14-8-10-15(11-9-14)19(24)27)13-26-20(28)17-6-4-5-7-18(17)21(26)29/h4-11,16H,12-13H2,1-3H3,(H2,24,27)(H,25,30). The zero-order valence-corrected chi connectivity index (χ0v) is 17.7. The van der Waals surface area contributed by atoms with Crippen molar-refractivity contribution in [3.8, 4) is 0 Å². The average Bonchev–Trinajstić information content (AvgIpc) is 2.92. The molecule has 0 radical (unpaired) electrons. The molecule has 0 spiro atoms. The number of nitrogens with one attached hydrogen (secondary N) is 1. The third-order valence-electron chi connectivity index (χ3n) is 4.72. The molecule has 3 N–H and O–H groups in total. The number of ether oxygens (including phenoxy) is 1. The minimum Gasteiger partial charge on any atom is -0.444 e. The van der Waals surface area contributed by atoms with E-state index in [2.05, 4.69) is 5.32 Å². The van der Waals surface area contributed by atoms with E-state index in [1.807, 2.05) is 0 Å². The second-order valence-corrected chi connectivity index (χ2v) is 8.37. The van der Waals surface area contributed by atoms with Crippen LogP contribution >= 0.6 is 0 Å². The molecule has 0 bridgehead atoms. The molecule has 1 heterocycles. The largest absolute Gasteiger partial charge is 0.444 e. The Labute approximate surface area is 180 Å². The Morgan fingerprint density at radius 3 is 2.03 bits per heavy atom. The number of hydrogen-bond donors (Lipinski definition) is 2. The lowest BCUT2D eigenvalue weighted by molar-refractivity contribution is 0.0468. The number of amides is 4. The molecule has 3 rings (SSSR count). The van der Waals surface area contributed by atoms with Crippen molar-refractivity contribution in [1.29, 1.82) is 0 Å². The van der Waals surface area contributed by atoms with Gasteiger partial charge in [-0.1, -0.05) is 24.3 Å². The number of rotatable bonds is 6. The molecule has 4 amide bonds. The van der Waals surface area contributed by atoms with Gasteiger partial charge in [-0.15, -0.1) is 0 Å². The number of carbonyl (C=O) groups excluding carboxylic acids is 4. The average molecular weight is 423 g/mol. The van der Waals surface area contributed by atoms with Crippen molar-refractivity contribution < 1.29 is 23.9 Å². The van der Waals surface area contributed by atoms with Crippen molar-refractivity contribution in [2.75, 3.05) is 6.54 Å². The number of hydrogen-bond acceptors (Lipinski definition) is 5. The Balaban J connectivity index is 1.80. The summed E-state index contributed by atoms with van der Waals surface area (Å²) >= 11 is 0. The summed E-state index contributed by atoms with van der Waals surface area (Å²) in [5.74, 6) is -1.35. The number of benzene rings is 2. The maximum atomic E-state index is 12.7. The van der Waals surface area contributed by atoms with Gasteiger partial charge in [-0.3, -0.25) is 19.3 Å². The van der Waals surface area contributed by atoms with Crippen molar-refractivity contribution in [3.63, 3.8) is 0 Å². The van der Waals surface area contributed by atoms with Crippen LogP contribution in [-0.4, -0.2) is 46.9 Å². The Bertz CT molecular complexity index is 989. The summed E-state index contributed by atoms with van der Waals surface area (Å²) in [6.45, 7) is 5.21. The third-order valence-corrected chi connectivity index (χ3v) is 4.72. The maximum Gasteiger partial charge on any atom is 0.407 e. The molecule has 1 atom stereocenters. The van der Waals surface area contributed by atoms with Gasteiger partial charge in [0.2, 0.25) is 5.91 Å². The molecule has 2 aromatic rings. The van der Waals surface area contributed by atoms with Gasteiger partial charge in [0.15, 0.2) is 0 Å². The highest BCUT2D eigenvalue weighted by Crippen LogP contribution is 2.23. The van der Waals surface area contributed by atoms with Crippen LogP contribution in [0.3, 0.4) is 0 Å². The van der Waals surface area contributed by atoms with Gasteiger partial charge in [-0.2, -0.15) is 0 Å². The second kappa shape index (κ2) is 8.59. The van der Waals surface area contributed by atoms with Crippen LogP contribution in [0.4, 0.5) is 4.79 Å². The SMILES string of the molecule is CC(C)(C)OC(=O)NC(Cc1ccc(C(N)=O)cc1)CN1C(=O)c2ccccc2C1=O. The monoisotopic (exact) mass is 423 g/mol. The number of fused-ring (bicyclic) bond motifs is 1. The molecule has 1 unspecified atom stereocenters. The summed E-state index contributed by atoms with van der Waals surface area (Å²) in [6, 6.07) is 12.6. The normalized spacial score (nSPS) is 14.2. The number of primary amides is 1. The van der Waals surface area contributed by atoms with Crippen LogP contribution in [0.2, 0.25) is 0 Å². The number of carbonyl (C=O) groups is 4. The van der Waals surface area contributed by atoms with E-state index in [4.69, 9.17) is 10.5 Å². The molecule has 0 fully saturated rings. The highest BCUT2D eigenvalue weighted by molar-refractivity contribution is 6.21. The molecule has 8 heteroatoms. The van der Waals surface area contributed by atoms with E-state index in [0.717, 1.165) is 10.5 Å². The topological polar surface area (TPSA) is 119 Å². The van der Waals surface area contributed by atoms with E-state index in [-0.39, 0.29) is 6.54 Å². The lowest BCUT2D eigenvalue weighted by Crippen LogP contribution is -2.48. The fourth-order valence-corrected chi connectivity index (χ4v) is 3.35. The van der Waals surface area contributed by atoms with Crippen LogP contribution in [-0.2, 0) is 11.2 Å². The second-order valence-electron chi connectivity index (χ2n) is 8.37. The molecule has 0 aliphatic carbocycles. The number of nitrogens with zero attached hydrogens (tertiary/aromatic N) is 1. The van der Waals surface area contributed by atoms with Crippen LogP contribution in [0, 0.1) is 0 Å². The van der Waals surface area contributed by atoms with Gasteiger partial charge >= 0.3 is 6.09 Å². The van der Waals surface area contributed by atoms with Gasteiger partial charge in [-0.05, 0) is 57.0 Å². The zero-order valence-electron chi connectivity index (χ0n) is 17.7. The molecular formula is C23H25N3O5. The summed E-state index contributed by atoms with van der Waals surface area (Å²) in [5, 5.41) is 2.76. The predicted molar refractivity (Wildman–Crippen MR) is 114 cm³/mol. The van der Waals surface area contributed by atoms with Crippen molar-refractivity contribution in [2.24, 2.45) is 5.73 Å². The molecule has 0 saturated carbocycles. The lowest BCUT2D eigenvalue weighted by Gasteiger charge is -2.26. The summed E-state index contributed by atoms with van der Waals surface area (Å²) in [6.07, 6.45) is -0.339. The molecular weight excluding hydrogens is 398 g/mol. The Morgan fingerprint density at radius 1 is 1.00 bits per heavy atom. The minimum atomic E-state index is -0.701. The summed E-state index contributed by atoms with van der Waals surface area (Å²) in [4.78, 5) is 50.3. The Kier molecular flexibility index (Phi) is 6.10.